The van der Waals surface area contributed by atoms with E-state index in [4.69, 9.17) is 9.97 Å². The van der Waals surface area contributed by atoms with Crippen LogP contribution in [-0.2, 0) is 19.5 Å². The molecule has 30 heavy (non-hydrogen) atoms. The third kappa shape index (κ3) is 3.12. The molecule has 3 aliphatic rings. The average molecular weight is 424 g/mol. The topological polar surface area (TPSA) is 71.8 Å². The molecule has 1 aliphatic carbocycles. The molecule has 0 amide bonds. The fraction of sp³-hybridized carbons (Fsp3) is 0.429. The number of rotatable bonds is 4. The summed E-state index contributed by atoms with van der Waals surface area (Å²) in [5, 5.41) is 12.4. The summed E-state index contributed by atoms with van der Waals surface area (Å²) in [6, 6.07) is 6.40. The molecule has 0 radical (unpaired) electrons. The second-order valence-corrected chi connectivity index (χ2v) is 9.56. The summed E-state index contributed by atoms with van der Waals surface area (Å²) in [5.74, 6) is 4.22. The number of aryl methyl sites for hydroxylation is 1. The van der Waals surface area contributed by atoms with Crippen LogP contribution in [0.25, 0.3) is 11.4 Å². The van der Waals surface area contributed by atoms with E-state index >= 15 is 0 Å². The van der Waals surface area contributed by atoms with E-state index in [1.165, 1.54) is 29.9 Å². The van der Waals surface area contributed by atoms with E-state index in [2.05, 4.69) is 31.9 Å². The van der Waals surface area contributed by atoms with Crippen LogP contribution in [0.1, 0.15) is 31.3 Å². The van der Waals surface area contributed by atoms with Gasteiger partial charge in [0.2, 0.25) is 5.95 Å². The van der Waals surface area contributed by atoms with E-state index in [0.29, 0.717) is 6.54 Å². The summed E-state index contributed by atoms with van der Waals surface area (Å²) in [5.41, 5.74) is 2.20. The van der Waals surface area contributed by atoms with Crippen LogP contribution >= 0.6 is 11.8 Å². The second kappa shape index (κ2) is 6.66. The zero-order valence-corrected chi connectivity index (χ0v) is 17.5. The summed E-state index contributed by atoms with van der Waals surface area (Å²) >= 11 is 1.85. The first kappa shape index (κ1) is 18.1. The van der Waals surface area contributed by atoms with E-state index < -0.39 is 0 Å². The summed E-state index contributed by atoms with van der Waals surface area (Å²) in [4.78, 5) is 13.2. The lowest BCUT2D eigenvalue weighted by Crippen LogP contribution is -2.35. The van der Waals surface area contributed by atoms with Crippen molar-refractivity contribution < 1.29 is 4.39 Å². The predicted molar refractivity (Wildman–Crippen MR) is 114 cm³/mol. The number of anilines is 2. The molecule has 0 spiro atoms. The smallest absolute Gasteiger partial charge is 0.228 e. The lowest BCUT2D eigenvalue weighted by atomic mass is 10.2. The van der Waals surface area contributed by atoms with E-state index in [0.717, 1.165) is 59.9 Å². The van der Waals surface area contributed by atoms with Crippen molar-refractivity contribution in [3.05, 3.63) is 41.6 Å². The predicted octanol–water partition coefficient (Wildman–Crippen LogP) is 3.51. The van der Waals surface area contributed by atoms with Gasteiger partial charge >= 0.3 is 0 Å². The highest BCUT2D eigenvalue weighted by atomic mass is 32.2. The van der Waals surface area contributed by atoms with Gasteiger partial charge in [-0.05, 0) is 44.0 Å². The summed E-state index contributed by atoms with van der Waals surface area (Å²) in [7, 11) is 0. The van der Waals surface area contributed by atoms with Crippen molar-refractivity contribution in [2.75, 3.05) is 22.5 Å². The molecule has 154 valence electrons. The van der Waals surface area contributed by atoms with Gasteiger partial charge in [-0.2, -0.15) is 4.98 Å². The van der Waals surface area contributed by atoms with Crippen molar-refractivity contribution in [2.24, 2.45) is 0 Å². The van der Waals surface area contributed by atoms with Gasteiger partial charge in [0.25, 0.3) is 0 Å². The Morgan fingerprint density at radius 1 is 1.10 bits per heavy atom. The Labute approximate surface area is 178 Å². The summed E-state index contributed by atoms with van der Waals surface area (Å²) in [6.07, 6.45) is 3.36. The van der Waals surface area contributed by atoms with Gasteiger partial charge in [0, 0.05) is 36.4 Å². The van der Waals surface area contributed by atoms with Gasteiger partial charge in [-0.25, -0.2) is 9.37 Å². The van der Waals surface area contributed by atoms with Crippen molar-refractivity contribution in [2.45, 2.75) is 49.7 Å². The highest BCUT2D eigenvalue weighted by molar-refractivity contribution is 7.99. The molecule has 4 heterocycles. The van der Waals surface area contributed by atoms with Crippen LogP contribution < -0.4 is 10.2 Å². The van der Waals surface area contributed by atoms with E-state index in [1.807, 2.05) is 11.8 Å². The normalized spacial score (nSPS) is 18.8. The standard InChI is InChI=1S/C21H22FN7S/c1-21(7-8-21)25-18-17-15(6-11-30-17)23-20(24-18)28-9-10-29-16(12-28)26-27-19(29)13-2-4-14(22)5-3-13/h2-5H,6-12H2,1H3,(H,23,24,25). The molecule has 0 saturated heterocycles. The van der Waals surface area contributed by atoms with Gasteiger partial charge in [-0.3, -0.25) is 0 Å². The Hall–Kier alpha value is -2.68. The van der Waals surface area contributed by atoms with Crippen molar-refractivity contribution in [3.63, 3.8) is 0 Å². The number of thioether (sulfide) groups is 1. The van der Waals surface area contributed by atoms with Crippen LogP contribution in [0.4, 0.5) is 16.2 Å². The monoisotopic (exact) mass is 423 g/mol. The third-order valence-electron chi connectivity index (χ3n) is 6.07. The van der Waals surface area contributed by atoms with Crippen LogP contribution in [0.5, 0.6) is 0 Å². The first-order valence-electron chi connectivity index (χ1n) is 10.3. The van der Waals surface area contributed by atoms with Crippen LogP contribution in [0.2, 0.25) is 0 Å². The Kier molecular flexibility index (Phi) is 4.02. The summed E-state index contributed by atoms with van der Waals surface area (Å²) in [6.45, 7) is 4.38. The highest BCUT2D eigenvalue weighted by Gasteiger charge is 2.39. The summed E-state index contributed by atoms with van der Waals surface area (Å²) < 4.78 is 15.4. The van der Waals surface area contributed by atoms with E-state index in [1.54, 1.807) is 12.1 Å². The zero-order valence-electron chi connectivity index (χ0n) is 16.7. The highest BCUT2D eigenvalue weighted by Crippen LogP contribution is 2.43. The number of hydrogen-bond acceptors (Lipinski definition) is 7. The lowest BCUT2D eigenvalue weighted by molar-refractivity contribution is 0.553. The number of aromatic nitrogens is 5. The van der Waals surface area contributed by atoms with Gasteiger partial charge in [0.05, 0.1) is 17.1 Å². The maximum absolute atomic E-state index is 13.3. The lowest BCUT2D eigenvalue weighted by Gasteiger charge is -2.29. The number of nitrogens with zero attached hydrogens (tertiary/aromatic N) is 6. The molecule has 0 bridgehead atoms. The number of nitrogens with one attached hydrogen (secondary N) is 1. The van der Waals surface area contributed by atoms with Crippen molar-refractivity contribution in [1.29, 1.82) is 0 Å². The Bertz CT molecular complexity index is 1120. The molecule has 1 fully saturated rings. The maximum atomic E-state index is 13.3. The molecule has 7 nitrogen and oxygen atoms in total. The number of benzene rings is 1. The SMILES string of the molecule is CC1(Nc2nc(N3CCn4c(nnc4-c4ccc(F)cc4)C3)nc3c2SCC3)CC1. The molecule has 1 aromatic carbocycles. The van der Waals surface area contributed by atoms with E-state index in [-0.39, 0.29) is 11.4 Å². The van der Waals surface area contributed by atoms with Crippen molar-refractivity contribution >= 4 is 23.5 Å². The zero-order chi connectivity index (χ0) is 20.3. The molecule has 0 atom stereocenters. The Morgan fingerprint density at radius 3 is 2.73 bits per heavy atom. The average Bonchev–Trinajstić information content (AvgIpc) is 3.15. The Balaban J connectivity index is 1.30. The first-order chi connectivity index (χ1) is 14.6. The first-order valence-corrected chi connectivity index (χ1v) is 11.3. The van der Waals surface area contributed by atoms with Crippen molar-refractivity contribution in [3.8, 4) is 11.4 Å². The minimum Gasteiger partial charge on any atom is -0.364 e. The maximum Gasteiger partial charge on any atom is 0.228 e. The molecule has 6 rings (SSSR count). The van der Waals surface area contributed by atoms with E-state index in [9.17, 15) is 4.39 Å². The van der Waals surface area contributed by atoms with Crippen LogP contribution in [0, 0.1) is 5.82 Å². The van der Waals surface area contributed by atoms with Gasteiger partial charge in [-0.15, -0.1) is 22.0 Å². The number of hydrogen-bond donors (Lipinski definition) is 1. The van der Waals surface area contributed by atoms with Crippen molar-refractivity contribution in [1.82, 2.24) is 24.7 Å². The van der Waals surface area contributed by atoms with Crippen LogP contribution in [-0.4, -0.2) is 42.6 Å². The van der Waals surface area contributed by atoms with Gasteiger partial charge in [0.15, 0.2) is 11.6 Å². The molecule has 2 aromatic heterocycles. The Morgan fingerprint density at radius 2 is 1.93 bits per heavy atom. The number of fused-ring (bicyclic) bond motifs is 2. The van der Waals surface area contributed by atoms with Crippen LogP contribution in [0.15, 0.2) is 29.2 Å². The fourth-order valence-electron chi connectivity index (χ4n) is 4.02. The second-order valence-electron chi connectivity index (χ2n) is 8.45. The molecule has 3 aromatic rings. The molecule has 1 saturated carbocycles. The largest absolute Gasteiger partial charge is 0.364 e. The molecule has 9 heteroatoms. The number of halogens is 1. The van der Waals surface area contributed by atoms with Gasteiger partial charge in [0.1, 0.15) is 11.6 Å². The minimum absolute atomic E-state index is 0.175. The molecule has 0 unspecified atom stereocenters. The quantitative estimate of drug-likeness (QED) is 0.688. The molecule has 2 aliphatic heterocycles. The molecule has 1 N–H and O–H groups in total. The minimum atomic E-state index is -0.250. The van der Waals surface area contributed by atoms with Gasteiger partial charge in [-0.1, -0.05) is 0 Å². The van der Waals surface area contributed by atoms with Gasteiger partial charge < -0.3 is 14.8 Å². The molecular weight excluding hydrogens is 401 g/mol. The third-order valence-corrected chi connectivity index (χ3v) is 7.19. The van der Waals surface area contributed by atoms with Crippen LogP contribution in [0.3, 0.4) is 0 Å². The molecular formula is C21H22FN7S. The fourth-order valence-corrected chi connectivity index (χ4v) is 5.07.